The number of rotatable bonds is 5. The van der Waals surface area contributed by atoms with Crippen LogP contribution in [0.2, 0.25) is 0 Å². The van der Waals surface area contributed by atoms with Gasteiger partial charge < -0.3 is 9.47 Å². The summed E-state index contributed by atoms with van der Waals surface area (Å²) in [4.78, 5) is 7.83. The molecule has 0 aliphatic heterocycles. The first-order valence-electron chi connectivity index (χ1n) is 4.79. The third kappa shape index (κ3) is 4.84. The first kappa shape index (κ1) is 18.2. The van der Waals surface area contributed by atoms with Crippen molar-refractivity contribution < 1.29 is 44.8 Å². The second kappa shape index (κ2) is 6.08. The van der Waals surface area contributed by atoms with Crippen molar-refractivity contribution in [2.24, 2.45) is 0 Å². The zero-order valence-corrected chi connectivity index (χ0v) is 11.4. The van der Waals surface area contributed by atoms with Crippen LogP contribution in [-0.4, -0.2) is 26.3 Å². The van der Waals surface area contributed by atoms with Crippen molar-refractivity contribution in [2.45, 2.75) is 17.9 Å². The fraction of sp³-hybridized carbons (Fsp3) is 0.250. The molecule has 1 rings (SSSR count). The Kier molecular flexibility index (Phi) is 5.02. The number of alkyl halides is 5. The summed E-state index contributed by atoms with van der Waals surface area (Å²) in [6, 6.07) is 0.222. The van der Waals surface area contributed by atoms with E-state index in [1.807, 2.05) is 0 Å². The predicted octanol–water partition coefficient (Wildman–Crippen LogP) is 3.02. The smallest absolute Gasteiger partial charge is 0.429 e. The Morgan fingerprint density at radius 3 is 2.18 bits per heavy atom. The van der Waals surface area contributed by atoms with Crippen molar-refractivity contribution in [3.05, 3.63) is 22.2 Å². The number of ether oxygens (including phenoxy) is 2. The van der Waals surface area contributed by atoms with Crippen LogP contribution in [0.15, 0.2) is 17.0 Å². The van der Waals surface area contributed by atoms with E-state index in [9.17, 15) is 40.5 Å². The molecule has 124 valence electrons. The van der Waals surface area contributed by atoms with Crippen LogP contribution in [0.4, 0.5) is 27.6 Å². The van der Waals surface area contributed by atoms with Gasteiger partial charge in [-0.1, -0.05) is 0 Å². The monoisotopic (exact) mass is 371 g/mol. The SMILES string of the molecule is O=[N+]([O-])c1cc(OC(F)(F)F)c(OC(F)F)c(S(=O)(=O)Cl)c1. The Balaban J connectivity index is 3.68. The summed E-state index contributed by atoms with van der Waals surface area (Å²) < 4.78 is 90.4. The lowest BCUT2D eigenvalue weighted by Crippen LogP contribution is -2.19. The van der Waals surface area contributed by atoms with E-state index in [4.69, 9.17) is 10.7 Å². The van der Waals surface area contributed by atoms with Crippen LogP contribution in [0.1, 0.15) is 0 Å². The molecule has 0 fully saturated rings. The minimum atomic E-state index is -5.46. The van der Waals surface area contributed by atoms with E-state index in [-0.39, 0.29) is 12.1 Å². The molecule has 1 aromatic rings. The van der Waals surface area contributed by atoms with Gasteiger partial charge in [0.25, 0.3) is 14.7 Å². The average molecular weight is 372 g/mol. The highest BCUT2D eigenvalue weighted by atomic mass is 35.7. The molecule has 14 heteroatoms. The van der Waals surface area contributed by atoms with Gasteiger partial charge in [0.05, 0.1) is 11.0 Å². The fourth-order valence-corrected chi connectivity index (χ4v) is 2.23. The molecular weight excluding hydrogens is 369 g/mol. The van der Waals surface area contributed by atoms with Gasteiger partial charge in [0.1, 0.15) is 4.90 Å². The van der Waals surface area contributed by atoms with Crippen molar-refractivity contribution in [1.82, 2.24) is 0 Å². The van der Waals surface area contributed by atoms with Crippen molar-refractivity contribution in [3.63, 3.8) is 0 Å². The van der Waals surface area contributed by atoms with Gasteiger partial charge in [-0.15, -0.1) is 13.2 Å². The number of hydrogen-bond donors (Lipinski definition) is 0. The van der Waals surface area contributed by atoms with Crippen LogP contribution in [0.3, 0.4) is 0 Å². The van der Waals surface area contributed by atoms with Crippen LogP contribution in [0.25, 0.3) is 0 Å². The molecule has 0 unspecified atom stereocenters. The molecule has 0 N–H and O–H groups in total. The Labute approximate surface area is 122 Å². The topological polar surface area (TPSA) is 95.7 Å². The van der Waals surface area contributed by atoms with Gasteiger partial charge >= 0.3 is 13.0 Å². The molecule has 0 aromatic heterocycles. The average Bonchev–Trinajstić information content (AvgIpc) is 2.26. The van der Waals surface area contributed by atoms with E-state index in [0.29, 0.717) is 0 Å². The molecule has 0 aliphatic rings. The van der Waals surface area contributed by atoms with Crippen molar-refractivity contribution >= 4 is 25.4 Å². The lowest BCUT2D eigenvalue weighted by atomic mass is 10.3. The lowest BCUT2D eigenvalue weighted by molar-refractivity contribution is -0.385. The van der Waals surface area contributed by atoms with Crippen LogP contribution >= 0.6 is 10.7 Å². The normalized spacial score (nSPS) is 12.3. The maximum atomic E-state index is 12.2. The minimum Gasteiger partial charge on any atom is -0.429 e. The highest BCUT2D eigenvalue weighted by Gasteiger charge is 2.36. The summed E-state index contributed by atoms with van der Waals surface area (Å²) in [6.07, 6.45) is -5.46. The maximum absolute atomic E-state index is 12.2. The predicted molar refractivity (Wildman–Crippen MR) is 59.5 cm³/mol. The van der Waals surface area contributed by atoms with Gasteiger partial charge in [0.15, 0.2) is 11.5 Å². The number of nitrogens with zero attached hydrogens (tertiary/aromatic N) is 1. The van der Waals surface area contributed by atoms with E-state index in [2.05, 4.69) is 9.47 Å². The molecule has 0 saturated carbocycles. The second-order valence-electron chi connectivity index (χ2n) is 3.39. The molecule has 0 atom stereocenters. The van der Waals surface area contributed by atoms with Crippen LogP contribution in [0.5, 0.6) is 11.5 Å². The van der Waals surface area contributed by atoms with E-state index >= 15 is 0 Å². The van der Waals surface area contributed by atoms with E-state index < -0.39 is 49.0 Å². The second-order valence-corrected chi connectivity index (χ2v) is 5.93. The minimum absolute atomic E-state index is 0.0662. The van der Waals surface area contributed by atoms with E-state index in [1.54, 1.807) is 0 Å². The standard InChI is InChI=1S/C8H3ClF5NO6S/c9-22(18,19)5-2-3(15(16)17)1-4(21-8(12,13)14)6(5)20-7(10)11/h1-2,7H. The van der Waals surface area contributed by atoms with E-state index in [0.717, 1.165) is 0 Å². The van der Waals surface area contributed by atoms with Crippen LogP contribution < -0.4 is 9.47 Å². The molecule has 0 radical (unpaired) electrons. The van der Waals surface area contributed by atoms with Gasteiger partial charge in [0.2, 0.25) is 0 Å². The van der Waals surface area contributed by atoms with E-state index in [1.165, 1.54) is 0 Å². The quantitative estimate of drug-likeness (QED) is 0.342. The van der Waals surface area contributed by atoms with Crippen molar-refractivity contribution in [3.8, 4) is 11.5 Å². The number of non-ortho nitro benzene ring substituents is 1. The summed E-state index contributed by atoms with van der Waals surface area (Å²) in [6.45, 7) is -3.74. The molecule has 0 saturated heterocycles. The summed E-state index contributed by atoms with van der Waals surface area (Å²) in [7, 11) is -0.0962. The van der Waals surface area contributed by atoms with Crippen molar-refractivity contribution in [2.75, 3.05) is 0 Å². The first-order valence-corrected chi connectivity index (χ1v) is 7.10. The number of nitro groups is 1. The zero-order valence-electron chi connectivity index (χ0n) is 9.80. The van der Waals surface area contributed by atoms with Gasteiger partial charge in [-0.2, -0.15) is 8.78 Å². The lowest BCUT2D eigenvalue weighted by Gasteiger charge is -2.15. The van der Waals surface area contributed by atoms with Gasteiger partial charge in [0, 0.05) is 16.7 Å². The number of benzene rings is 1. The van der Waals surface area contributed by atoms with Gasteiger partial charge in [-0.3, -0.25) is 10.1 Å². The molecule has 0 amide bonds. The molecular formula is C8H3ClF5NO6S. The molecule has 22 heavy (non-hydrogen) atoms. The third-order valence-corrected chi connectivity index (χ3v) is 3.24. The largest absolute Gasteiger partial charge is 0.573 e. The Hall–Kier alpha value is -1.89. The zero-order chi connectivity index (χ0) is 17.3. The summed E-state index contributed by atoms with van der Waals surface area (Å²) in [5.41, 5.74) is -1.19. The summed E-state index contributed by atoms with van der Waals surface area (Å²) in [5, 5.41) is 10.6. The molecule has 7 nitrogen and oxygen atoms in total. The van der Waals surface area contributed by atoms with Crippen LogP contribution in [-0.2, 0) is 9.05 Å². The maximum Gasteiger partial charge on any atom is 0.573 e. The Morgan fingerprint density at radius 2 is 1.82 bits per heavy atom. The molecule has 0 aliphatic carbocycles. The highest BCUT2D eigenvalue weighted by Crippen LogP contribution is 2.42. The third-order valence-electron chi connectivity index (χ3n) is 1.91. The first-order chi connectivity index (χ1) is 9.81. The summed E-state index contributed by atoms with van der Waals surface area (Å²) in [5.74, 6) is -3.26. The number of hydrogen-bond acceptors (Lipinski definition) is 6. The fourth-order valence-electron chi connectivity index (χ4n) is 1.26. The number of halogens is 6. The molecule has 1 aromatic carbocycles. The number of nitro benzene ring substituents is 1. The molecule has 0 bridgehead atoms. The van der Waals surface area contributed by atoms with Gasteiger partial charge in [-0.05, 0) is 0 Å². The van der Waals surface area contributed by atoms with Crippen LogP contribution in [0, 0.1) is 10.1 Å². The van der Waals surface area contributed by atoms with Gasteiger partial charge in [-0.25, -0.2) is 8.42 Å². The Morgan fingerprint density at radius 1 is 1.27 bits per heavy atom. The summed E-state index contributed by atoms with van der Waals surface area (Å²) >= 11 is 0. The van der Waals surface area contributed by atoms with Crippen molar-refractivity contribution in [1.29, 1.82) is 0 Å². The highest BCUT2D eigenvalue weighted by molar-refractivity contribution is 8.13. The molecule has 0 spiro atoms. The molecule has 0 heterocycles. The Bertz CT molecular complexity index is 691.